The van der Waals surface area contributed by atoms with Gasteiger partial charge in [0.25, 0.3) is 0 Å². The van der Waals surface area contributed by atoms with E-state index in [0.29, 0.717) is 13.2 Å². The van der Waals surface area contributed by atoms with E-state index in [1.54, 1.807) is 0 Å². The standard InChI is InChI=1S/C11H19NO2/c1-8-9(5-10(6-12)14-8)7-13-11(2,3)4/h5H,6-7,12H2,1-4H3. The van der Waals surface area contributed by atoms with Crippen molar-refractivity contribution in [3.8, 4) is 0 Å². The molecule has 1 heterocycles. The number of nitrogens with two attached hydrogens (primary N) is 1. The minimum absolute atomic E-state index is 0.118. The van der Waals surface area contributed by atoms with Crippen LogP contribution in [0.15, 0.2) is 10.5 Å². The highest BCUT2D eigenvalue weighted by Gasteiger charge is 2.13. The zero-order chi connectivity index (χ0) is 10.8. The molecule has 80 valence electrons. The van der Waals surface area contributed by atoms with Crippen LogP contribution in [0.25, 0.3) is 0 Å². The van der Waals surface area contributed by atoms with E-state index in [1.807, 2.05) is 33.8 Å². The van der Waals surface area contributed by atoms with E-state index in [9.17, 15) is 0 Å². The minimum atomic E-state index is -0.118. The van der Waals surface area contributed by atoms with E-state index >= 15 is 0 Å². The second-order valence-electron chi connectivity index (χ2n) is 4.40. The molecule has 0 saturated heterocycles. The molecular weight excluding hydrogens is 178 g/mol. The molecule has 3 heteroatoms. The van der Waals surface area contributed by atoms with Gasteiger partial charge in [0, 0.05) is 5.56 Å². The first-order valence-corrected chi connectivity index (χ1v) is 4.84. The lowest BCUT2D eigenvalue weighted by molar-refractivity contribution is -0.0153. The quantitative estimate of drug-likeness (QED) is 0.809. The molecule has 0 unspecified atom stereocenters. The molecule has 1 aromatic heterocycles. The summed E-state index contributed by atoms with van der Waals surface area (Å²) in [6.45, 7) is 9.06. The molecule has 1 aromatic rings. The molecule has 0 bridgehead atoms. The van der Waals surface area contributed by atoms with E-state index in [4.69, 9.17) is 14.9 Å². The van der Waals surface area contributed by atoms with Crippen molar-refractivity contribution in [3.05, 3.63) is 23.2 Å². The molecule has 1 rings (SSSR count). The Labute approximate surface area is 85.2 Å². The highest BCUT2D eigenvalue weighted by atomic mass is 16.5. The van der Waals surface area contributed by atoms with Crippen LogP contribution in [0.2, 0.25) is 0 Å². The van der Waals surface area contributed by atoms with Gasteiger partial charge in [0.05, 0.1) is 18.8 Å². The van der Waals surface area contributed by atoms with Crippen LogP contribution in [0.5, 0.6) is 0 Å². The van der Waals surface area contributed by atoms with Gasteiger partial charge in [-0.15, -0.1) is 0 Å². The van der Waals surface area contributed by atoms with Gasteiger partial charge in [0.15, 0.2) is 0 Å². The molecule has 0 aliphatic heterocycles. The maximum atomic E-state index is 5.65. The van der Waals surface area contributed by atoms with Crippen LogP contribution < -0.4 is 5.73 Å². The topological polar surface area (TPSA) is 48.4 Å². The molecule has 0 fully saturated rings. The molecule has 0 atom stereocenters. The van der Waals surface area contributed by atoms with Crippen molar-refractivity contribution >= 4 is 0 Å². The zero-order valence-electron chi connectivity index (χ0n) is 9.39. The van der Waals surface area contributed by atoms with Gasteiger partial charge in [-0.3, -0.25) is 0 Å². The summed E-state index contributed by atoms with van der Waals surface area (Å²) in [7, 11) is 0. The lowest BCUT2D eigenvalue weighted by atomic mass is 10.2. The van der Waals surface area contributed by atoms with E-state index in [2.05, 4.69) is 0 Å². The van der Waals surface area contributed by atoms with Crippen LogP contribution in [-0.4, -0.2) is 5.60 Å². The van der Waals surface area contributed by atoms with Crippen LogP contribution in [0.3, 0.4) is 0 Å². The van der Waals surface area contributed by atoms with E-state index < -0.39 is 0 Å². The van der Waals surface area contributed by atoms with Gasteiger partial charge in [0.1, 0.15) is 11.5 Å². The third-order valence-corrected chi connectivity index (χ3v) is 1.93. The summed E-state index contributed by atoms with van der Waals surface area (Å²) in [5.74, 6) is 1.71. The van der Waals surface area contributed by atoms with Crippen LogP contribution in [0, 0.1) is 6.92 Å². The van der Waals surface area contributed by atoms with Gasteiger partial charge >= 0.3 is 0 Å². The third-order valence-electron chi connectivity index (χ3n) is 1.93. The minimum Gasteiger partial charge on any atom is -0.465 e. The summed E-state index contributed by atoms with van der Waals surface area (Å²) in [4.78, 5) is 0. The Kier molecular flexibility index (Phi) is 3.34. The number of hydrogen-bond acceptors (Lipinski definition) is 3. The lowest BCUT2D eigenvalue weighted by Crippen LogP contribution is -2.18. The summed E-state index contributed by atoms with van der Waals surface area (Å²) in [6.07, 6.45) is 0. The SMILES string of the molecule is Cc1oc(CN)cc1COC(C)(C)C. The lowest BCUT2D eigenvalue weighted by Gasteiger charge is -2.18. The second-order valence-corrected chi connectivity index (χ2v) is 4.40. The number of rotatable bonds is 3. The highest BCUT2D eigenvalue weighted by molar-refractivity contribution is 5.19. The smallest absolute Gasteiger partial charge is 0.118 e. The molecule has 3 nitrogen and oxygen atoms in total. The largest absolute Gasteiger partial charge is 0.465 e. The molecule has 0 spiro atoms. The molecule has 0 saturated carbocycles. The summed E-state index contributed by atoms with van der Waals surface area (Å²) >= 11 is 0. The summed E-state index contributed by atoms with van der Waals surface area (Å²) < 4.78 is 11.1. The van der Waals surface area contributed by atoms with Gasteiger partial charge in [0.2, 0.25) is 0 Å². The van der Waals surface area contributed by atoms with Crippen molar-refractivity contribution < 1.29 is 9.15 Å². The average Bonchev–Trinajstić information content (AvgIpc) is 2.42. The van der Waals surface area contributed by atoms with Crippen molar-refractivity contribution in [3.63, 3.8) is 0 Å². The Hall–Kier alpha value is -0.800. The van der Waals surface area contributed by atoms with E-state index in [1.165, 1.54) is 0 Å². The maximum Gasteiger partial charge on any atom is 0.118 e. The van der Waals surface area contributed by atoms with Crippen molar-refractivity contribution in [2.45, 2.75) is 46.4 Å². The normalized spacial score (nSPS) is 12.1. The van der Waals surface area contributed by atoms with Crippen molar-refractivity contribution in [2.24, 2.45) is 5.73 Å². The Morgan fingerprint density at radius 3 is 2.50 bits per heavy atom. The molecule has 0 aromatic carbocycles. The van der Waals surface area contributed by atoms with E-state index in [-0.39, 0.29) is 5.60 Å². The summed E-state index contributed by atoms with van der Waals surface area (Å²) in [5, 5.41) is 0. The monoisotopic (exact) mass is 197 g/mol. The number of hydrogen-bond donors (Lipinski definition) is 1. The predicted molar refractivity (Wildman–Crippen MR) is 55.9 cm³/mol. The molecule has 0 aliphatic carbocycles. The number of ether oxygens (including phenoxy) is 1. The van der Waals surface area contributed by atoms with E-state index in [0.717, 1.165) is 17.1 Å². The Morgan fingerprint density at radius 2 is 2.07 bits per heavy atom. The molecule has 0 amide bonds. The highest BCUT2D eigenvalue weighted by Crippen LogP contribution is 2.18. The van der Waals surface area contributed by atoms with Crippen molar-refractivity contribution in [1.82, 2.24) is 0 Å². The molecule has 2 N–H and O–H groups in total. The fraction of sp³-hybridized carbons (Fsp3) is 0.636. The number of furan rings is 1. The second kappa shape index (κ2) is 4.15. The van der Waals surface area contributed by atoms with Crippen LogP contribution in [0.1, 0.15) is 37.9 Å². The Morgan fingerprint density at radius 1 is 1.43 bits per heavy atom. The van der Waals surface area contributed by atoms with Crippen LogP contribution >= 0.6 is 0 Å². The van der Waals surface area contributed by atoms with Gasteiger partial charge in [-0.1, -0.05) is 0 Å². The van der Waals surface area contributed by atoms with Crippen molar-refractivity contribution in [2.75, 3.05) is 0 Å². The van der Waals surface area contributed by atoms with Gasteiger partial charge in [-0.2, -0.15) is 0 Å². The van der Waals surface area contributed by atoms with Gasteiger partial charge < -0.3 is 14.9 Å². The van der Waals surface area contributed by atoms with Gasteiger partial charge in [-0.05, 0) is 33.8 Å². The maximum absolute atomic E-state index is 5.65. The van der Waals surface area contributed by atoms with Gasteiger partial charge in [-0.25, -0.2) is 0 Å². The fourth-order valence-electron chi connectivity index (χ4n) is 1.13. The van der Waals surface area contributed by atoms with Crippen molar-refractivity contribution in [1.29, 1.82) is 0 Å². The average molecular weight is 197 g/mol. The molecular formula is C11H19NO2. The molecule has 0 radical (unpaired) electrons. The Balaban J connectivity index is 2.63. The zero-order valence-corrected chi connectivity index (χ0v) is 9.39. The molecule has 0 aliphatic rings. The number of aryl methyl sites for hydroxylation is 1. The first kappa shape index (κ1) is 11.3. The fourth-order valence-corrected chi connectivity index (χ4v) is 1.13. The summed E-state index contributed by atoms with van der Waals surface area (Å²) in [5.41, 5.74) is 6.44. The summed E-state index contributed by atoms with van der Waals surface area (Å²) in [6, 6.07) is 1.96. The first-order valence-electron chi connectivity index (χ1n) is 4.84. The predicted octanol–water partition coefficient (Wildman–Crippen LogP) is 2.36. The third kappa shape index (κ3) is 3.16. The molecule has 14 heavy (non-hydrogen) atoms. The van der Waals surface area contributed by atoms with Crippen LogP contribution in [0.4, 0.5) is 0 Å². The Bertz CT molecular complexity index is 297. The van der Waals surface area contributed by atoms with Crippen LogP contribution in [-0.2, 0) is 17.9 Å². The first-order chi connectivity index (χ1) is 6.42.